The average molecular weight is 226 g/mol. The molecule has 3 heteroatoms. The molecular weight excluding hydrogens is 211 g/mol. The number of benzene rings is 1. The first-order chi connectivity index (χ1) is 7.13. The molecule has 1 aromatic rings. The standard InChI is InChI=1S/C12H15FOS/c1-3-12(15-8-9(2)14)10-4-6-11(13)7-5-10/h4-7,12H,3,8H2,1-2H3. The van der Waals surface area contributed by atoms with E-state index in [1.165, 1.54) is 12.1 Å². The first-order valence-corrected chi connectivity index (χ1v) is 6.05. The summed E-state index contributed by atoms with van der Waals surface area (Å²) in [7, 11) is 0. The molecule has 0 aliphatic carbocycles. The predicted octanol–water partition coefficient (Wildman–Crippen LogP) is 3.60. The van der Waals surface area contributed by atoms with Crippen molar-refractivity contribution in [3.63, 3.8) is 0 Å². The number of hydrogen-bond donors (Lipinski definition) is 0. The maximum atomic E-state index is 12.7. The number of carbonyl (C=O) groups excluding carboxylic acids is 1. The number of carbonyl (C=O) groups is 1. The number of thioether (sulfide) groups is 1. The van der Waals surface area contributed by atoms with E-state index in [0.29, 0.717) is 5.75 Å². The van der Waals surface area contributed by atoms with Gasteiger partial charge in [0.05, 0.1) is 5.75 Å². The van der Waals surface area contributed by atoms with Gasteiger partial charge in [0.2, 0.25) is 0 Å². The second-order valence-electron chi connectivity index (χ2n) is 3.46. The lowest BCUT2D eigenvalue weighted by Crippen LogP contribution is -1.99. The van der Waals surface area contributed by atoms with Gasteiger partial charge in [-0.1, -0.05) is 19.1 Å². The van der Waals surface area contributed by atoms with E-state index in [-0.39, 0.29) is 16.9 Å². The van der Waals surface area contributed by atoms with E-state index in [2.05, 4.69) is 6.92 Å². The Bertz CT molecular complexity index is 321. The third kappa shape index (κ3) is 4.04. The van der Waals surface area contributed by atoms with Crippen molar-refractivity contribution in [3.8, 4) is 0 Å². The Morgan fingerprint density at radius 3 is 2.47 bits per heavy atom. The van der Waals surface area contributed by atoms with Crippen molar-refractivity contribution in [2.45, 2.75) is 25.5 Å². The Balaban J connectivity index is 2.65. The van der Waals surface area contributed by atoms with Crippen LogP contribution in [-0.4, -0.2) is 11.5 Å². The summed E-state index contributed by atoms with van der Waals surface area (Å²) >= 11 is 1.62. The Kier molecular flexibility index (Phi) is 4.82. The highest BCUT2D eigenvalue weighted by molar-refractivity contribution is 8.00. The minimum absolute atomic E-state index is 0.181. The molecule has 0 bridgehead atoms. The Labute approximate surface area is 94.1 Å². The van der Waals surface area contributed by atoms with E-state index in [1.807, 2.05) is 0 Å². The van der Waals surface area contributed by atoms with Crippen LogP contribution in [0, 0.1) is 5.82 Å². The molecule has 1 nitrogen and oxygen atoms in total. The summed E-state index contributed by atoms with van der Waals surface area (Å²) in [4.78, 5) is 10.9. The minimum Gasteiger partial charge on any atom is -0.299 e. The fourth-order valence-electron chi connectivity index (χ4n) is 1.35. The molecule has 0 aliphatic rings. The molecule has 0 saturated heterocycles. The summed E-state index contributed by atoms with van der Waals surface area (Å²) in [6.45, 7) is 3.66. The van der Waals surface area contributed by atoms with Gasteiger partial charge >= 0.3 is 0 Å². The van der Waals surface area contributed by atoms with Gasteiger partial charge in [-0.25, -0.2) is 4.39 Å². The fraction of sp³-hybridized carbons (Fsp3) is 0.417. The smallest absolute Gasteiger partial charge is 0.139 e. The van der Waals surface area contributed by atoms with Crippen molar-refractivity contribution >= 4 is 17.5 Å². The molecule has 0 saturated carbocycles. The number of hydrogen-bond acceptors (Lipinski definition) is 2. The van der Waals surface area contributed by atoms with Gasteiger partial charge in [0.25, 0.3) is 0 Å². The summed E-state index contributed by atoms with van der Waals surface area (Å²) in [6, 6.07) is 6.51. The third-order valence-corrected chi connectivity index (χ3v) is 3.68. The highest BCUT2D eigenvalue weighted by Gasteiger charge is 2.10. The molecule has 0 spiro atoms. The van der Waals surface area contributed by atoms with Gasteiger partial charge in [-0.05, 0) is 31.0 Å². The van der Waals surface area contributed by atoms with Gasteiger partial charge in [-0.2, -0.15) is 0 Å². The summed E-state index contributed by atoms with van der Waals surface area (Å²) in [5.41, 5.74) is 1.09. The molecule has 0 N–H and O–H groups in total. The van der Waals surface area contributed by atoms with Crippen LogP contribution >= 0.6 is 11.8 Å². The van der Waals surface area contributed by atoms with Crippen LogP contribution in [0.3, 0.4) is 0 Å². The molecule has 0 heterocycles. The second kappa shape index (κ2) is 5.91. The van der Waals surface area contributed by atoms with Crippen LogP contribution in [0.4, 0.5) is 4.39 Å². The molecule has 0 radical (unpaired) electrons. The van der Waals surface area contributed by atoms with Gasteiger partial charge in [-0.15, -0.1) is 11.8 Å². The van der Waals surface area contributed by atoms with Crippen LogP contribution in [0.25, 0.3) is 0 Å². The van der Waals surface area contributed by atoms with Crippen LogP contribution in [0.1, 0.15) is 31.1 Å². The predicted molar refractivity (Wildman–Crippen MR) is 62.6 cm³/mol. The van der Waals surface area contributed by atoms with Crippen LogP contribution in [-0.2, 0) is 4.79 Å². The Hall–Kier alpha value is -0.830. The van der Waals surface area contributed by atoms with E-state index < -0.39 is 0 Å². The van der Waals surface area contributed by atoms with E-state index in [9.17, 15) is 9.18 Å². The number of Topliss-reactive ketones (excluding diaryl/α,β-unsaturated/α-hetero) is 1. The molecule has 1 unspecified atom stereocenters. The van der Waals surface area contributed by atoms with Crippen LogP contribution < -0.4 is 0 Å². The van der Waals surface area contributed by atoms with Gasteiger partial charge in [0, 0.05) is 5.25 Å². The van der Waals surface area contributed by atoms with Crippen molar-refractivity contribution in [2.24, 2.45) is 0 Å². The molecule has 0 amide bonds. The minimum atomic E-state index is -0.217. The lowest BCUT2D eigenvalue weighted by Gasteiger charge is -2.13. The van der Waals surface area contributed by atoms with E-state index in [4.69, 9.17) is 0 Å². The molecule has 82 valence electrons. The normalized spacial score (nSPS) is 12.5. The highest BCUT2D eigenvalue weighted by Crippen LogP contribution is 2.31. The zero-order chi connectivity index (χ0) is 11.3. The van der Waals surface area contributed by atoms with Crippen LogP contribution in [0.15, 0.2) is 24.3 Å². The zero-order valence-corrected chi connectivity index (χ0v) is 9.81. The van der Waals surface area contributed by atoms with Gasteiger partial charge in [0.15, 0.2) is 0 Å². The SMILES string of the molecule is CCC(SCC(C)=O)c1ccc(F)cc1. The summed E-state index contributed by atoms with van der Waals surface area (Å²) in [5, 5.41) is 0.287. The lowest BCUT2D eigenvalue weighted by molar-refractivity contribution is -0.114. The molecular formula is C12H15FOS. The highest BCUT2D eigenvalue weighted by atomic mass is 32.2. The first kappa shape index (κ1) is 12.2. The molecule has 15 heavy (non-hydrogen) atoms. The number of halogens is 1. The quantitative estimate of drug-likeness (QED) is 0.763. The third-order valence-electron chi connectivity index (χ3n) is 2.10. The molecule has 1 rings (SSSR count). The Morgan fingerprint density at radius 2 is 2.00 bits per heavy atom. The average Bonchev–Trinajstić information content (AvgIpc) is 2.21. The van der Waals surface area contributed by atoms with Crippen molar-refractivity contribution in [2.75, 3.05) is 5.75 Å². The van der Waals surface area contributed by atoms with Crippen molar-refractivity contribution in [1.29, 1.82) is 0 Å². The molecule has 0 fully saturated rings. The summed E-state index contributed by atoms with van der Waals surface area (Å²) in [5.74, 6) is 0.487. The monoisotopic (exact) mass is 226 g/mol. The summed E-state index contributed by atoms with van der Waals surface area (Å²) in [6.07, 6.45) is 0.948. The lowest BCUT2D eigenvalue weighted by atomic mass is 10.1. The second-order valence-corrected chi connectivity index (χ2v) is 4.65. The molecule has 0 aromatic heterocycles. The molecule has 1 aromatic carbocycles. The van der Waals surface area contributed by atoms with Gasteiger partial charge in [-0.3, -0.25) is 4.79 Å². The maximum Gasteiger partial charge on any atom is 0.139 e. The van der Waals surface area contributed by atoms with Gasteiger partial charge < -0.3 is 0 Å². The van der Waals surface area contributed by atoms with E-state index in [0.717, 1.165) is 12.0 Å². The van der Waals surface area contributed by atoms with E-state index in [1.54, 1.807) is 30.8 Å². The summed E-state index contributed by atoms with van der Waals surface area (Å²) < 4.78 is 12.7. The van der Waals surface area contributed by atoms with Crippen molar-refractivity contribution in [3.05, 3.63) is 35.6 Å². The molecule has 1 atom stereocenters. The largest absolute Gasteiger partial charge is 0.299 e. The Morgan fingerprint density at radius 1 is 1.40 bits per heavy atom. The van der Waals surface area contributed by atoms with Crippen LogP contribution in [0.2, 0.25) is 0 Å². The van der Waals surface area contributed by atoms with Gasteiger partial charge in [0.1, 0.15) is 11.6 Å². The molecule has 0 aliphatic heterocycles. The first-order valence-electron chi connectivity index (χ1n) is 5.00. The fourth-order valence-corrected chi connectivity index (χ4v) is 2.37. The van der Waals surface area contributed by atoms with Crippen molar-refractivity contribution < 1.29 is 9.18 Å². The number of ketones is 1. The van der Waals surface area contributed by atoms with Crippen molar-refractivity contribution in [1.82, 2.24) is 0 Å². The zero-order valence-electron chi connectivity index (χ0n) is 9.00. The topological polar surface area (TPSA) is 17.1 Å². The number of rotatable bonds is 5. The van der Waals surface area contributed by atoms with Crippen LogP contribution in [0.5, 0.6) is 0 Å². The maximum absolute atomic E-state index is 12.7. The van der Waals surface area contributed by atoms with E-state index >= 15 is 0 Å².